The van der Waals surface area contributed by atoms with Gasteiger partial charge < -0.3 is 10.6 Å². The summed E-state index contributed by atoms with van der Waals surface area (Å²) in [7, 11) is 0. The molecule has 1 aromatic carbocycles. The van der Waals surface area contributed by atoms with Crippen LogP contribution < -0.4 is 10.6 Å². The zero-order valence-electron chi connectivity index (χ0n) is 15.0. The fourth-order valence-electron chi connectivity index (χ4n) is 2.15. The Hall–Kier alpha value is -2.68. The van der Waals surface area contributed by atoms with Gasteiger partial charge in [-0.2, -0.15) is 0 Å². The van der Waals surface area contributed by atoms with Crippen LogP contribution in [0.3, 0.4) is 0 Å². The molecule has 0 radical (unpaired) electrons. The Morgan fingerprint density at radius 1 is 1.00 bits per heavy atom. The number of anilines is 1. The van der Waals surface area contributed by atoms with Gasteiger partial charge in [-0.25, -0.2) is 13.2 Å². The fourth-order valence-corrected chi connectivity index (χ4v) is 3.11. The van der Waals surface area contributed by atoms with Crippen molar-refractivity contribution in [2.45, 2.75) is 33.2 Å². The number of nitrogens with one attached hydrogen (secondary N) is 2. The number of aryl methyl sites for hydroxylation is 1. The summed E-state index contributed by atoms with van der Waals surface area (Å²) >= 11 is 0.945. The number of carbonyl (C=O) groups is 3. The smallest absolute Gasteiger partial charge is 0.293 e. The molecular weight excluding hydrogens is 381 g/mol. The summed E-state index contributed by atoms with van der Waals surface area (Å²) in [5.74, 6) is -6.87. The Morgan fingerprint density at radius 2 is 1.56 bits per heavy atom. The first-order valence-corrected chi connectivity index (χ1v) is 8.64. The van der Waals surface area contributed by atoms with Crippen LogP contribution in [0, 0.1) is 24.4 Å². The largest absolute Gasteiger partial charge is 0.345 e. The Bertz CT molecular complexity index is 909. The van der Waals surface area contributed by atoms with Gasteiger partial charge in [0.15, 0.2) is 17.5 Å². The van der Waals surface area contributed by atoms with Gasteiger partial charge in [-0.3, -0.25) is 14.4 Å². The average molecular weight is 398 g/mol. The van der Waals surface area contributed by atoms with Crippen molar-refractivity contribution >= 4 is 34.6 Å². The van der Waals surface area contributed by atoms with Crippen molar-refractivity contribution in [2.75, 3.05) is 5.32 Å². The highest BCUT2D eigenvalue weighted by atomic mass is 32.1. The molecule has 2 N–H and O–H groups in total. The Morgan fingerprint density at radius 3 is 2.07 bits per heavy atom. The van der Waals surface area contributed by atoms with Gasteiger partial charge in [0.1, 0.15) is 0 Å². The number of hydrogen-bond donors (Lipinski definition) is 2. The summed E-state index contributed by atoms with van der Waals surface area (Å²) in [4.78, 5) is 37.0. The predicted molar refractivity (Wildman–Crippen MR) is 95.6 cm³/mol. The van der Waals surface area contributed by atoms with E-state index in [2.05, 4.69) is 10.6 Å². The number of benzene rings is 1. The third-order valence-corrected chi connectivity index (χ3v) is 4.37. The third kappa shape index (κ3) is 4.94. The highest BCUT2D eigenvalue weighted by molar-refractivity contribution is 7.15. The van der Waals surface area contributed by atoms with Crippen LogP contribution in [0.1, 0.15) is 45.7 Å². The minimum Gasteiger partial charge on any atom is -0.345 e. The Kier molecular flexibility index (Phi) is 5.74. The van der Waals surface area contributed by atoms with Crippen molar-refractivity contribution in [3.8, 4) is 0 Å². The van der Waals surface area contributed by atoms with E-state index in [1.165, 1.54) is 6.07 Å². The Balaban J connectivity index is 2.22. The lowest BCUT2D eigenvalue weighted by Gasteiger charge is -2.19. The lowest BCUT2D eigenvalue weighted by atomic mass is 10.1. The first kappa shape index (κ1) is 20.6. The maximum absolute atomic E-state index is 13.3. The lowest BCUT2D eigenvalue weighted by Crippen LogP contribution is -2.44. The van der Waals surface area contributed by atoms with E-state index in [0.717, 1.165) is 11.3 Å². The molecule has 9 heteroatoms. The van der Waals surface area contributed by atoms with Gasteiger partial charge in [0.05, 0.1) is 10.4 Å². The van der Waals surface area contributed by atoms with Crippen LogP contribution in [-0.4, -0.2) is 23.1 Å². The van der Waals surface area contributed by atoms with Crippen LogP contribution in [0.5, 0.6) is 0 Å². The predicted octanol–water partition coefficient (Wildman–Crippen LogP) is 3.82. The number of thiophene rings is 1. The van der Waals surface area contributed by atoms with Crippen molar-refractivity contribution in [1.29, 1.82) is 0 Å². The minimum absolute atomic E-state index is 0.0517. The summed E-state index contributed by atoms with van der Waals surface area (Å²) in [6, 6.07) is 2.51. The zero-order chi connectivity index (χ0) is 20.5. The number of hydrogen-bond acceptors (Lipinski definition) is 4. The van der Waals surface area contributed by atoms with Crippen molar-refractivity contribution in [2.24, 2.45) is 0 Å². The van der Waals surface area contributed by atoms with E-state index >= 15 is 0 Å². The topological polar surface area (TPSA) is 75.3 Å². The molecule has 0 atom stereocenters. The molecule has 1 aromatic heterocycles. The van der Waals surface area contributed by atoms with E-state index < -0.39 is 40.6 Å². The molecule has 2 rings (SSSR count). The quantitative estimate of drug-likeness (QED) is 0.467. The van der Waals surface area contributed by atoms with E-state index in [1.54, 1.807) is 27.7 Å². The molecule has 2 aromatic rings. The highest BCUT2D eigenvalue weighted by Crippen LogP contribution is 2.24. The van der Waals surface area contributed by atoms with Crippen molar-refractivity contribution < 1.29 is 27.6 Å². The molecule has 2 amide bonds. The van der Waals surface area contributed by atoms with Crippen LogP contribution in [0.15, 0.2) is 18.2 Å². The summed E-state index contributed by atoms with van der Waals surface area (Å²) < 4.78 is 39.5. The zero-order valence-corrected chi connectivity index (χ0v) is 15.8. The standard InChI is InChI=1S/C18H17F3N2O3S/c1-8-10(7-13(27-8)15(24)17(26)23-18(2,3)4)16(25)22-9-5-11(19)14(21)12(20)6-9/h5-7H,1-4H3,(H,22,25)(H,23,26). The molecule has 0 unspecified atom stereocenters. The number of Topliss-reactive ketones (excluding diaryl/α,β-unsaturated/α-hetero) is 1. The summed E-state index contributed by atoms with van der Waals surface area (Å²) in [6.45, 7) is 6.72. The molecule has 5 nitrogen and oxygen atoms in total. The molecule has 0 fully saturated rings. The van der Waals surface area contributed by atoms with Crippen LogP contribution in [0.4, 0.5) is 18.9 Å². The minimum atomic E-state index is -1.64. The van der Waals surface area contributed by atoms with Crippen molar-refractivity contribution in [3.05, 3.63) is 51.0 Å². The SMILES string of the molecule is Cc1sc(C(=O)C(=O)NC(C)(C)C)cc1C(=O)Nc1cc(F)c(F)c(F)c1. The van der Waals surface area contributed by atoms with E-state index in [9.17, 15) is 27.6 Å². The van der Waals surface area contributed by atoms with Gasteiger partial charge in [0.2, 0.25) is 0 Å². The van der Waals surface area contributed by atoms with Gasteiger partial charge >= 0.3 is 0 Å². The first-order chi connectivity index (χ1) is 12.4. The van der Waals surface area contributed by atoms with Gasteiger partial charge in [-0.15, -0.1) is 11.3 Å². The summed E-state index contributed by atoms with van der Waals surface area (Å²) in [5, 5.41) is 4.77. The monoisotopic (exact) mass is 398 g/mol. The highest BCUT2D eigenvalue weighted by Gasteiger charge is 2.25. The van der Waals surface area contributed by atoms with Crippen LogP contribution in [0.25, 0.3) is 0 Å². The van der Waals surface area contributed by atoms with Crippen molar-refractivity contribution in [1.82, 2.24) is 5.32 Å². The van der Waals surface area contributed by atoms with E-state index in [4.69, 9.17) is 0 Å². The second-order valence-electron chi connectivity index (χ2n) is 6.82. The maximum atomic E-state index is 13.3. The molecule has 0 aliphatic heterocycles. The van der Waals surface area contributed by atoms with Crippen LogP contribution in [-0.2, 0) is 4.79 Å². The van der Waals surface area contributed by atoms with E-state index in [0.29, 0.717) is 17.0 Å². The average Bonchev–Trinajstić information content (AvgIpc) is 2.92. The normalized spacial score (nSPS) is 11.2. The number of amides is 2. The molecule has 0 saturated carbocycles. The first-order valence-electron chi connectivity index (χ1n) is 7.82. The second-order valence-corrected chi connectivity index (χ2v) is 8.08. The van der Waals surface area contributed by atoms with Gasteiger partial charge in [-0.1, -0.05) is 0 Å². The molecule has 0 bridgehead atoms. The molecule has 0 aliphatic rings. The molecule has 0 spiro atoms. The molecule has 0 saturated heterocycles. The number of halogens is 3. The number of carbonyl (C=O) groups excluding carboxylic acids is 3. The molecule has 1 heterocycles. The lowest BCUT2D eigenvalue weighted by molar-refractivity contribution is -0.118. The van der Waals surface area contributed by atoms with Gasteiger partial charge in [0, 0.05) is 28.2 Å². The van der Waals surface area contributed by atoms with Gasteiger partial charge in [0.25, 0.3) is 17.6 Å². The Labute approximate surface area is 157 Å². The molecule has 0 aliphatic carbocycles. The molecule has 144 valence electrons. The van der Waals surface area contributed by atoms with Crippen LogP contribution >= 0.6 is 11.3 Å². The van der Waals surface area contributed by atoms with Crippen LogP contribution in [0.2, 0.25) is 0 Å². The van der Waals surface area contributed by atoms with E-state index in [1.807, 2.05) is 0 Å². The third-order valence-electron chi connectivity index (χ3n) is 3.32. The number of ketones is 1. The van der Waals surface area contributed by atoms with Gasteiger partial charge in [-0.05, 0) is 33.8 Å². The maximum Gasteiger partial charge on any atom is 0.293 e. The second kappa shape index (κ2) is 7.51. The molecular formula is C18H17F3N2O3S. The molecule has 27 heavy (non-hydrogen) atoms. The fraction of sp³-hybridized carbons (Fsp3) is 0.278. The van der Waals surface area contributed by atoms with E-state index in [-0.39, 0.29) is 16.1 Å². The van der Waals surface area contributed by atoms with Crippen molar-refractivity contribution in [3.63, 3.8) is 0 Å². The summed E-state index contributed by atoms with van der Waals surface area (Å²) in [6.07, 6.45) is 0. The number of rotatable bonds is 4. The summed E-state index contributed by atoms with van der Waals surface area (Å²) in [5.41, 5.74) is -0.812.